The molecular weight excluding hydrogens is 356 g/mol. The monoisotopic (exact) mass is 374 g/mol. The van der Waals surface area contributed by atoms with Crippen LogP contribution in [-0.2, 0) is 6.61 Å². The van der Waals surface area contributed by atoms with E-state index < -0.39 is 0 Å². The van der Waals surface area contributed by atoms with Crippen LogP contribution in [-0.4, -0.2) is 21.1 Å². The zero-order chi connectivity index (χ0) is 17.8. The molecule has 0 aliphatic heterocycles. The maximum absolute atomic E-state index is 12.4. The SMILES string of the molecule is Cc1nc(COc2cccc(C(=O)Nc3nnc(C(C)C)s3)c2)cs1. The Morgan fingerprint density at radius 3 is 2.84 bits per heavy atom. The van der Waals surface area contributed by atoms with Gasteiger partial charge in [-0.15, -0.1) is 21.5 Å². The third kappa shape index (κ3) is 4.61. The molecule has 3 aromatic rings. The molecule has 2 heterocycles. The zero-order valence-corrected chi connectivity index (χ0v) is 15.8. The van der Waals surface area contributed by atoms with E-state index in [1.165, 1.54) is 11.3 Å². The predicted molar refractivity (Wildman–Crippen MR) is 99.6 cm³/mol. The van der Waals surface area contributed by atoms with Crippen molar-refractivity contribution in [2.45, 2.75) is 33.3 Å². The molecule has 0 bridgehead atoms. The summed E-state index contributed by atoms with van der Waals surface area (Å²) in [6.45, 7) is 6.41. The van der Waals surface area contributed by atoms with Gasteiger partial charge in [0.2, 0.25) is 5.13 Å². The average Bonchev–Trinajstić information content (AvgIpc) is 3.22. The second-order valence-electron chi connectivity index (χ2n) is 5.73. The topological polar surface area (TPSA) is 77.0 Å². The highest BCUT2D eigenvalue weighted by atomic mass is 32.1. The van der Waals surface area contributed by atoms with Gasteiger partial charge in [-0.05, 0) is 25.1 Å². The Balaban J connectivity index is 1.64. The normalized spacial score (nSPS) is 10.9. The van der Waals surface area contributed by atoms with Crippen molar-refractivity contribution < 1.29 is 9.53 Å². The minimum atomic E-state index is -0.235. The van der Waals surface area contributed by atoms with E-state index in [9.17, 15) is 4.79 Å². The van der Waals surface area contributed by atoms with Crippen LogP contribution in [0, 0.1) is 6.92 Å². The third-order valence-electron chi connectivity index (χ3n) is 3.30. The number of hydrogen-bond acceptors (Lipinski definition) is 7. The number of thiazole rings is 1. The van der Waals surface area contributed by atoms with Gasteiger partial charge in [-0.1, -0.05) is 31.3 Å². The van der Waals surface area contributed by atoms with Gasteiger partial charge in [0, 0.05) is 16.9 Å². The molecule has 0 aliphatic carbocycles. The number of aromatic nitrogens is 3. The lowest BCUT2D eigenvalue weighted by atomic mass is 10.2. The molecule has 8 heteroatoms. The Bertz CT molecular complexity index is 873. The third-order valence-corrected chi connectivity index (χ3v) is 5.27. The summed E-state index contributed by atoms with van der Waals surface area (Å²) in [5.74, 6) is 0.675. The number of amides is 1. The van der Waals surface area contributed by atoms with E-state index in [1.807, 2.05) is 32.2 Å². The molecule has 0 fully saturated rings. The van der Waals surface area contributed by atoms with Gasteiger partial charge in [0.15, 0.2) is 0 Å². The first-order chi connectivity index (χ1) is 12.0. The van der Waals surface area contributed by atoms with Gasteiger partial charge in [-0.3, -0.25) is 10.1 Å². The molecule has 25 heavy (non-hydrogen) atoms. The smallest absolute Gasteiger partial charge is 0.257 e. The summed E-state index contributed by atoms with van der Waals surface area (Å²) >= 11 is 2.97. The van der Waals surface area contributed by atoms with Crippen molar-refractivity contribution in [3.8, 4) is 5.75 Å². The van der Waals surface area contributed by atoms with Crippen LogP contribution in [0.3, 0.4) is 0 Å². The number of ether oxygens (including phenoxy) is 1. The first-order valence-electron chi connectivity index (χ1n) is 7.80. The predicted octanol–water partition coefficient (Wildman–Crippen LogP) is 4.26. The summed E-state index contributed by atoms with van der Waals surface area (Å²) in [5, 5.41) is 15.2. The molecule has 0 radical (unpaired) electrons. The highest BCUT2D eigenvalue weighted by molar-refractivity contribution is 7.15. The van der Waals surface area contributed by atoms with Crippen molar-refractivity contribution in [3.63, 3.8) is 0 Å². The molecule has 0 saturated heterocycles. The molecular formula is C17H18N4O2S2. The van der Waals surface area contributed by atoms with Crippen molar-refractivity contribution in [2.75, 3.05) is 5.32 Å². The average molecular weight is 374 g/mol. The van der Waals surface area contributed by atoms with Gasteiger partial charge >= 0.3 is 0 Å². The highest BCUT2D eigenvalue weighted by Crippen LogP contribution is 2.23. The summed E-state index contributed by atoms with van der Waals surface area (Å²) < 4.78 is 5.72. The molecule has 1 amide bonds. The van der Waals surface area contributed by atoms with Crippen LogP contribution < -0.4 is 10.1 Å². The number of carbonyl (C=O) groups is 1. The minimum Gasteiger partial charge on any atom is -0.487 e. The Morgan fingerprint density at radius 2 is 2.16 bits per heavy atom. The molecule has 130 valence electrons. The van der Waals surface area contributed by atoms with Crippen LogP contribution in [0.1, 0.15) is 45.8 Å². The van der Waals surface area contributed by atoms with Gasteiger partial charge in [-0.2, -0.15) is 0 Å². The van der Waals surface area contributed by atoms with Gasteiger partial charge < -0.3 is 4.74 Å². The Labute approximate surface area is 153 Å². The molecule has 0 spiro atoms. The van der Waals surface area contributed by atoms with Crippen molar-refractivity contribution in [1.82, 2.24) is 15.2 Å². The number of nitrogens with zero attached hydrogens (tertiary/aromatic N) is 3. The first kappa shape index (κ1) is 17.5. The maximum atomic E-state index is 12.4. The van der Waals surface area contributed by atoms with Gasteiger partial charge in [0.25, 0.3) is 5.91 Å². The number of benzene rings is 1. The number of hydrogen-bond donors (Lipinski definition) is 1. The number of aryl methyl sites for hydroxylation is 1. The fourth-order valence-electron chi connectivity index (χ4n) is 2.05. The van der Waals surface area contributed by atoms with Crippen LogP contribution >= 0.6 is 22.7 Å². The standard InChI is InChI=1S/C17H18N4O2S2/c1-10(2)16-20-21-17(25-16)19-15(22)12-5-4-6-14(7-12)23-8-13-9-24-11(3)18-13/h4-7,9-10H,8H2,1-3H3,(H,19,21,22). The van der Waals surface area contributed by atoms with Crippen molar-refractivity contribution in [2.24, 2.45) is 0 Å². The fraction of sp³-hybridized carbons (Fsp3) is 0.294. The van der Waals surface area contributed by atoms with Gasteiger partial charge in [0.1, 0.15) is 17.4 Å². The van der Waals surface area contributed by atoms with Gasteiger partial charge in [0.05, 0.1) is 10.7 Å². The molecule has 1 N–H and O–H groups in total. The van der Waals surface area contributed by atoms with E-state index in [4.69, 9.17) is 4.74 Å². The van der Waals surface area contributed by atoms with E-state index in [2.05, 4.69) is 20.5 Å². The molecule has 1 aromatic carbocycles. The van der Waals surface area contributed by atoms with Crippen molar-refractivity contribution in [3.05, 3.63) is 50.9 Å². The van der Waals surface area contributed by atoms with Crippen molar-refractivity contribution >= 4 is 33.7 Å². The van der Waals surface area contributed by atoms with Crippen LogP contribution in [0.4, 0.5) is 5.13 Å². The van der Waals surface area contributed by atoms with Crippen LogP contribution in [0.25, 0.3) is 0 Å². The summed E-state index contributed by atoms with van der Waals surface area (Å²) in [6.07, 6.45) is 0. The van der Waals surface area contributed by atoms with E-state index in [-0.39, 0.29) is 11.8 Å². The van der Waals surface area contributed by atoms with E-state index >= 15 is 0 Å². The Kier molecular flexibility index (Phi) is 5.40. The lowest BCUT2D eigenvalue weighted by Crippen LogP contribution is -2.11. The van der Waals surface area contributed by atoms with E-state index in [0.29, 0.717) is 23.1 Å². The van der Waals surface area contributed by atoms with Gasteiger partial charge in [-0.25, -0.2) is 4.98 Å². The number of anilines is 1. The summed E-state index contributed by atoms with van der Waals surface area (Å²) in [5.41, 5.74) is 1.39. The van der Waals surface area contributed by atoms with Crippen LogP contribution in [0.5, 0.6) is 5.75 Å². The van der Waals surface area contributed by atoms with Crippen LogP contribution in [0.15, 0.2) is 29.6 Å². The molecule has 2 aromatic heterocycles. The number of nitrogens with one attached hydrogen (secondary N) is 1. The van der Waals surface area contributed by atoms with Crippen LogP contribution in [0.2, 0.25) is 0 Å². The molecule has 0 aliphatic rings. The minimum absolute atomic E-state index is 0.235. The second kappa shape index (κ2) is 7.71. The maximum Gasteiger partial charge on any atom is 0.257 e. The number of rotatable bonds is 6. The Morgan fingerprint density at radius 1 is 1.32 bits per heavy atom. The highest BCUT2D eigenvalue weighted by Gasteiger charge is 2.12. The summed E-state index contributed by atoms with van der Waals surface area (Å²) in [4.78, 5) is 16.7. The lowest BCUT2D eigenvalue weighted by Gasteiger charge is -2.06. The summed E-state index contributed by atoms with van der Waals surface area (Å²) in [6, 6.07) is 7.05. The molecule has 3 rings (SSSR count). The number of carbonyl (C=O) groups excluding carboxylic acids is 1. The summed E-state index contributed by atoms with van der Waals surface area (Å²) in [7, 11) is 0. The van der Waals surface area contributed by atoms with E-state index in [1.54, 1.807) is 29.5 Å². The second-order valence-corrected chi connectivity index (χ2v) is 7.80. The molecule has 0 unspecified atom stereocenters. The van der Waals surface area contributed by atoms with Crippen molar-refractivity contribution in [1.29, 1.82) is 0 Å². The fourth-order valence-corrected chi connectivity index (χ4v) is 3.38. The Hall–Kier alpha value is -2.32. The first-order valence-corrected chi connectivity index (χ1v) is 9.49. The quantitative estimate of drug-likeness (QED) is 0.698. The zero-order valence-electron chi connectivity index (χ0n) is 14.1. The molecule has 0 saturated carbocycles. The molecule has 0 atom stereocenters. The lowest BCUT2D eigenvalue weighted by molar-refractivity contribution is 0.102. The molecule has 6 nitrogen and oxygen atoms in total. The van der Waals surface area contributed by atoms with E-state index in [0.717, 1.165) is 15.7 Å². The largest absolute Gasteiger partial charge is 0.487 e.